The Morgan fingerprint density at radius 1 is 1.11 bits per heavy atom. The third-order valence-electron chi connectivity index (χ3n) is 5.41. The molecular formula is C27H26FN3O4S. The predicted octanol–water partition coefficient (Wildman–Crippen LogP) is 5.39. The van der Waals surface area contributed by atoms with Crippen molar-refractivity contribution in [2.75, 3.05) is 19.0 Å². The van der Waals surface area contributed by atoms with E-state index in [9.17, 15) is 14.0 Å². The first kappa shape index (κ1) is 25.2. The van der Waals surface area contributed by atoms with Gasteiger partial charge in [-0.2, -0.15) is 0 Å². The van der Waals surface area contributed by atoms with Gasteiger partial charge >= 0.3 is 0 Å². The number of thioether (sulfide) groups is 1. The molecule has 3 aromatic rings. The van der Waals surface area contributed by atoms with E-state index in [0.717, 1.165) is 17.3 Å². The summed E-state index contributed by atoms with van der Waals surface area (Å²) in [6.45, 7) is 2.61. The van der Waals surface area contributed by atoms with Crippen LogP contribution in [0, 0.1) is 5.82 Å². The molecule has 1 fully saturated rings. The van der Waals surface area contributed by atoms with Crippen LogP contribution in [0.2, 0.25) is 0 Å². The molecule has 3 aromatic carbocycles. The minimum absolute atomic E-state index is 0.0197. The Morgan fingerprint density at radius 3 is 2.61 bits per heavy atom. The summed E-state index contributed by atoms with van der Waals surface area (Å²) in [5, 5.41) is 2.38. The molecule has 4 rings (SSSR count). The number of amides is 2. The van der Waals surface area contributed by atoms with Gasteiger partial charge in [-0.25, -0.2) is 9.38 Å². The number of hydrogen-bond donors (Lipinski definition) is 1. The molecule has 0 bridgehead atoms. The summed E-state index contributed by atoms with van der Waals surface area (Å²) in [5.74, 6) is 0.204. The monoisotopic (exact) mass is 507 g/mol. The largest absolute Gasteiger partial charge is 0.497 e. The molecule has 0 radical (unpaired) electrons. The molecule has 1 aliphatic heterocycles. The maximum Gasteiger partial charge on any atom is 0.238 e. The molecule has 186 valence electrons. The quantitative estimate of drug-likeness (QED) is 0.442. The third kappa shape index (κ3) is 6.23. The van der Waals surface area contributed by atoms with E-state index in [1.54, 1.807) is 55.6 Å². The number of carbonyl (C=O) groups excluding carboxylic acids is 2. The number of hydrogen-bond acceptors (Lipinski definition) is 6. The molecule has 1 N–H and O–H groups in total. The zero-order valence-electron chi connectivity index (χ0n) is 19.9. The predicted molar refractivity (Wildman–Crippen MR) is 139 cm³/mol. The first-order valence-corrected chi connectivity index (χ1v) is 12.3. The Labute approximate surface area is 213 Å². The number of rotatable bonds is 8. The van der Waals surface area contributed by atoms with Gasteiger partial charge in [0.2, 0.25) is 11.8 Å². The molecule has 1 aliphatic rings. The molecule has 0 aliphatic carbocycles. The highest BCUT2D eigenvalue weighted by atomic mass is 32.2. The van der Waals surface area contributed by atoms with E-state index < -0.39 is 11.1 Å². The summed E-state index contributed by atoms with van der Waals surface area (Å²) in [7, 11) is 1.58. The minimum atomic E-state index is -0.731. The van der Waals surface area contributed by atoms with Gasteiger partial charge in [-0.05, 0) is 48.9 Å². The molecule has 0 aromatic heterocycles. The minimum Gasteiger partial charge on any atom is -0.497 e. The van der Waals surface area contributed by atoms with Crippen LogP contribution in [0.3, 0.4) is 0 Å². The Bertz CT molecular complexity index is 1270. The van der Waals surface area contributed by atoms with Gasteiger partial charge in [-0.1, -0.05) is 42.1 Å². The fourth-order valence-corrected chi connectivity index (χ4v) is 4.70. The van der Waals surface area contributed by atoms with E-state index in [2.05, 4.69) is 10.3 Å². The van der Waals surface area contributed by atoms with E-state index in [0.29, 0.717) is 23.8 Å². The first-order valence-electron chi connectivity index (χ1n) is 11.4. The molecule has 0 unspecified atom stereocenters. The van der Waals surface area contributed by atoms with Gasteiger partial charge in [0.15, 0.2) is 5.17 Å². The van der Waals surface area contributed by atoms with Crippen LogP contribution < -0.4 is 14.8 Å². The molecule has 9 heteroatoms. The van der Waals surface area contributed by atoms with E-state index in [-0.39, 0.29) is 35.6 Å². The maximum absolute atomic E-state index is 14.4. The zero-order chi connectivity index (χ0) is 25.5. The Morgan fingerprint density at radius 2 is 1.89 bits per heavy atom. The average Bonchev–Trinajstić information content (AvgIpc) is 2.88. The van der Waals surface area contributed by atoms with Gasteiger partial charge in [-0.3, -0.25) is 14.5 Å². The number of ether oxygens (including phenoxy) is 2. The highest BCUT2D eigenvalue weighted by Gasteiger charge is 2.36. The van der Waals surface area contributed by atoms with Crippen molar-refractivity contribution in [3.8, 4) is 11.5 Å². The van der Waals surface area contributed by atoms with Crippen LogP contribution in [0.15, 0.2) is 77.8 Å². The van der Waals surface area contributed by atoms with Crippen molar-refractivity contribution in [2.24, 2.45) is 4.99 Å². The van der Waals surface area contributed by atoms with Crippen molar-refractivity contribution < 1.29 is 23.5 Å². The Hall–Kier alpha value is -3.85. The van der Waals surface area contributed by atoms with Gasteiger partial charge < -0.3 is 14.8 Å². The fourth-order valence-electron chi connectivity index (χ4n) is 3.61. The number of aliphatic imine (C=N–C) groups is 1. The second-order valence-corrected chi connectivity index (χ2v) is 9.10. The molecule has 1 heterocycles. The number of nitrogens with zero attached hydrogens (tertiary/aromatic N) is 2. The van der Waals surface area contributed by atoms with Crippen LogP contribution in [0.25, 0.3) is 0 Å². The number of halogens is 1. The average molecular weight is 508 g/mol. The highest BCUT2D eigenvalue weighted by molar-refractivity contribution is 8.15. The number of anilines is 1. The summed E-state index contributed by atoms with van der Waals surface area (Å²) in [4.78, 5) is 32.3. The van der Waals surface area contributed by atoms with Crippen LogP contribution >= 0.6 is 11.8 Å². The summed E-state index contributed by atoms with van der Waals surface area (Å²) in [5.41, 5.74) is 1.51. The van der Waals surface area contributed by atoms with Crippen LogP contribution in [-0.2, 0) is 16.1 Å². The normalized spacial score (nSPS) is 16.6. The van der Waals surface area contributed by atoms with E-state index >= 15 is 0 Å². The maximum atomic E-state index is 14.4. The van der Waals surface area contributed by atoms with E-state index in [4.69, 9.17) is 9.47 Å². The van der Waals surface area contributed by atoms with Gasteiger partial charge in [-0.15, -0.1) is 0 Å². The molecule has 7 nitrogen and oxygen atoms in total. The van der Waals surface area contributed by atoms with Gasteiger partial charge in [0.25, 0.3) is 0 Å². The van der Waals surface area contributed by atoms with Crippen molar-refractivity contribution in [3.63, 3.8) is 0 Å². The van der Waals surface area contributed by atoms with Crippen molar-refractivity contribution >= 4 is 40.1 Å². The number of nitrogens with one attached hydrogen (secondary N) is 1. The molecule has 0 spiro atoms. The summed E-state index contributed by atoms with van der Waals surface area (Å²) >= 11 is 1.14. The standard InChI is InChI=1S/C27H26FN3O4S/c1-3-35-21-8-6-7-19(15-21)29-26(33)24-16-25(32)31(17-18-11-13-20(34-2)14-12-18)27(36-24)30-23-10-5-4-9-22(23)28/h4-15,24H,3,16-17H2,1-2H3,(H,29,33)/t24-/m1/s1. The second kappa shape index (κ2) is 11.7. The molecule has 2 amide bonds. The van der Waals surface area contributed by atoms with Crippen molar-refractivity contribution in [1.82, 2.24) is 4.90 Å². The number of benzene rings is 3. The first-order chi connectivity index (χ1) is 17.5. The van der Waals surface area contributed by atoms with Crippen molar-refractivity contribution in [3.05, 3.63) is 84.2 Å². The number of methoxy groups -OCH3 is 1. The van der Waals surface area contributed by atoms with Crippen LogP contribution in [-0.4, -0.2) is 40.8 Å². The molecule has 0 saturated carbocycles. The summed E-state index contributed by atoms with van der Waals surface area (Å²) in [6, 6.07) is 20.4. The van der Waals surface area contributed by atoms with Crippen molar-refractivity contribution in [2.45, 2.75) is 25.1 Å². The lowest BCUT2D eigenvalue weighted by atomic mass is 10.2. The third-order valence-corrected chi connectivity index (χ3v) is 6.60. The lowest BCUT2D eigenvalue weighted by molar-refractivity contribution is -0.129. The number of para-hydroxylation sites is 1. The SMILES string of the molecule is CCOc1cccc(NC(=O)[C@H]2CC(=O)N(Cc3ccc(OC)cc3)C(=Nc3ccccc3F)S2)c1. The van der Waals surface area contributed by atoms with Crippen LogP contribution in [0.5, 0.6) is 11.5 Å². The molecule has 1 saturated heterocycles. The summed E-state index contributed by atoms with van der Waals surface area (Å²) < 4.78 is 25.1. The second-order valence-electron chi connectivity index (χ2n) is 7.93. The highest BCUT2D eigenvalue weighted by Crippen LogP contribution is 2.32. The smallest absolute Gasteiger partial charge is 0.238 e. The molecule has 36 heavy (non-hydrogen) atoms. The van der Waals surface area contributed by atoms with Crippen LogP contribution in [0.4, 0.5) is 15.8 Å². The van der Waals surface area contributed by atoms with Crippen molar-refractivity contribution in [1.29, 1.82) is 0 Å². The van der Waals surface area contributed by atoms with E-state index in [1.807, 2.05) is 19.1 Å². The summed E-state index contributed by atoms with van der Waals surface area (Å²) in [6.07, 6.45) is -0.0197. The topological polar surface area (TPSA) is 80.2 Å². The zero-order valence-corrected chi connectivity index (χ0v) is 20.8. The number of amidine groups is 1. The molecule has 1 atom stereocenters. The Balaban J connectivity index is 1.58. The van der Waals surface area contributed by atoms with Crippen LogP contribution in [0.1, 0.15) is 18.9 Å². The van der Waals surface area contributed by atoms with Gasteiger partial charge in [0.05, 0.1) is 20.3 Å². The Kier molecular flexibility index (Phi) is 8.22. The van der Waals surface area contributed by atoms with E-state index in [1.165, 1.54) is 17.0 Å². The lowest BCUT2D eigenvalue weighted by Gasteiger charge is -2.32. The molecular weight excluding hydrogens is 481 g/mol. The van der Waals surface area contributed by atoms with Gasteiger partial charge in [0, 0.05) is 18.2 Å². The number of carbonyl (C=O) groups is 2. The lowest BCUT2D eigenvalue weighted by Crippen LogP contribution is -2.44. The fraction of sp³-hybridized carbons (Fsp3) is 0.222. The van der Waals surface area contributed by atoms with Gasteiger partial charge in [0.1, 0.15) is 28.3 Å².